The highest BCUT2D eigenvalue weighted by molar-refractivity contribution is 5.81. The van der Waals surface area contributed by atoms with E-state index in [2.05, 4.69) is 5.32 Å². The Morgan fingerprint density at radius 2 is 1.88 bits per heavy atom. The molecule has 0 unspecified atom stereocenters. The van der Waals surface area contributed by atoms with Gasteiger partial charge in [-0.25, -0.2) is 0 Å². The van der Waals surface area contributed by atoms with E-state index in [9.17, 15) is 4.79 Å². The third kappa shape index (κ3) is 4.13. The first kappa shape index (κ1) is 17.3. The van der Waals surface area contributed by atoms with Crippen molar-refractivity contribution in [3.05, 3.63) is 60.2 Å². The Balaban J connectivity index is 1.75. The first-order valence-electron chi connectivity index (χ1n) is 8.78. The normalized spacial score (nSPS) is 19.2. The molecule has 1 aliphatic heterocycles. The van der Waals surface area contributed by atoms with E-state index in [1.807, 2.05) is 75.4 Å². The smallest absolute Gasteiger partial charge is 0.261 e. The lowest BCUT2D eigenvalue weighted by Gasteiger charge is -2.38. The number of rotatable bonds is 5. The summed E-state index contributed by atoms with van der Waals surface area (Å²) < 4.78 is 11.9. The molecular weight excluding hydrogens is 314 g/mol. The van der Waals surface area contributed by atoms with Crippen molar-refractivity contribution < 1.29 is 14.3 Å². The van der Waals surface area contributed by atoms with Gasteiger partial charge in [0.1, 0.15) is 17.1 Å². The molecule has 4 heteroatoms. The van der Waals surface area contributed by atoms with Gasteiger partial charge in [0.15, 0.2) is 6.10 Å². The van der Waals surface area contributed by atoms with Gasteiger partial charge in [-0.3, -0.25) is 4.79 Å². The lowest BCUT2D eigenvalue weighted by Crippen LogP contribution is -2.45. The minimum absolute atomic E-state index is 0.0825. The van der Waals surface area contributed by atoms with Gasteiger partial charge in [0.05, 0.1) is 6.04 Å². The number of fused-ring (bicyclic) bond motifs is 1. The van der Waals surface area contributed by atoms with Crippen LogP contribution in [0.5, 0.6) is 11.5 Å². The van der Waals surface area contributed by atoms with Crippen molar-refractivity contribution in [2.24, 2.45) is 0 Å². The molecular formula is C21H25NO3. The molecule has 0 fully saturated rings. The van der Waals surface area contributed by atoms with Gasteiger partial charge in [-0.05, 0) is 38.5 Å². The molecule has 2 atom stereocenters. The summed E-state index contributed by atoms with van der Waals surface area (Å²) in [7, 11) is 0. The Morgan fingerprint density at radius 3 is 2.60 bits per heavy atom. The van der Waals surface area contributed by atoms with Crippen molar-refractivity contribution in [3.8, 4) is 11.5 Å². The largest absolute Gasteiger partial charge is 0.487 e. The molecule has 3 rings (SSSR count). The molecule has 0 radical (unpaired) electrons. The van der Waals surface area contributed by atoms with Crippen LogP contribution in [0.2, 0.25) is 0 Å². The fourth-order valence-corrected chi connectivity index (χ4v) is 3.18. The lowest BCUT2D eigenvalue weighted by atomic mass is 9.89. The molecule has 25 heavy (non-hydrogen) atoms. The van der Waals surface area contributed by atoms with Gasteiger partial charge in [0, 0.05) is 12.0 Å². The Labute approximate surface area is 149 Å². The number of carbonyl (C=O) groups is 1. The van der Waals surface area contributed by atoms with Gasteiger partial charge in [-0.15, -0.1) is 0 Å². The third-order valence-electron chi connectivity index (χ3n) is 4.38. The number of nitrogens with one attached hydrogen (secondary N) is 1. The van der Waals surface area contributed by atoms with E-state index in [1.165, 1.54) is 0 Å². The Morgan fingerprint density at radius 1 is 1.20 bits per heavy atom. The van der Waals surface area contributed by atoms with Crippen molar-refractivity contribution in [2.45, 2.75) is 51.4 Å². The first-order valence-corrected chi connectivity index (χ1v) is 8.78. The molecule has 4 nitrogen and oxygen atoms in total. The predicted molar refractivity (Wildman–Crippen MR) is 97.8 cm³/mol. The number of para-hydroxylation sites is 2. The average Bonchev–Trinajstić information content (AvgIpc) is 2.59. The summed E-state index contributed by atoms with van der Waals surface area (Å²) in [5.41, 5.74) is 0.693. The molecule has 1 heterocycles. The summed E-state index contributed by atoms with van der Waals surface area (Å²) in [6, 6.07) is 17.3. The van der Waals surface area contributed by atoms with E-state index in [1.54, 1.807) is 0 Å². The summed E-state index contributed by atoms with van der Waals surface area (Å²) in [5.74, 6) is 1.45. The first-order chi connectivity index (χ1) is 12.0. The van der Waals surface area contributed by atoms with E-state index in [-0.39, 0.29) is 17.6 Å². The second kappa shape index (κ2) is 7.18. The summed E-state index contributed by atoms with van der Waals surface area (Å²) in [5, 5.41) is 3.16. The van der Waals surface area contributed by atoms with Crippen LogP contribution in [0.1, 0.15) is 45.2 Å². The number of carbonyl (C=O) groups excluding carboxylic acids is 1. The molecule has 0 aliphatic carbocycles. The number of hydrogen-bond donors (Lipinski definition) is 1. The van der Waals surface area contributed by atoms with E-state index in [4.69, 9.17) is 9.47 Å². The van der Waals surface area contributed by atoms with Crippen LogP contribution in [0.4, 0.5) is 0 Å². The van der Waals surface area contributed by atoms with Crippen LogP contribution in [0, 0.1) is 0 Å². The van der Waals surface area contributed by atoms with Gasteiger partial charge in [-0.1, -0.05) is 43.3 Å². The van der Waals surface area contributed by atoms with Crippen molar-refractivity contribution in [1.29, 1.82) is 0 Å². The standard InChI is InChI=1S/C21H25NO3/c1-4-18(24-15-10-6-5-7-11-15)20(23)22-17-14-21(2,3)25-19-13-9-8-12-16(17)19/h5-13,17-18H,4,14H2,1-3H3,(H,22,23)/t17-,18+/m1/s1. The second-order valence-corrected chi connectivity index (χ2v) is 6.99. The van der Waals surface area contributed by atoms with Crippen LogP contribution in [-0.4, -0.2) is 17.6 Å². The fraction of sp³-hybridized carbons (Fsp3) is 0.381. The van der Waals surface area contributed by atoms with Gasteiger partial charge in [0.25, 0.3) is 5.91 Å². The topological polar surface area (TPSA) is 47.6 Å². The summed E-state index contributed by atoms with van der Waals surface area (Å²) >= 11 is 0. The molecule has 0 bridgehead atoms. The van der Waals surface area contributed by atoms with Crippen LogP contribution in [0.15, 0.2) is 54.6 Å². The van der Waals surface area contributed by atoms with Crippen LogP contribution < -0.4 is 14.8 Å². The van der Waals surface area contributed by atoms with Crippen molar-refractivity contribution >= 4 is 5.91 Å². The SMILES string of the molecule is CC[C@H](Oc1ccccc1)C(=O)N[C@@H]1CC(C)(C)Oc2ccccc21. The van der Waals surface area contributed by atoms with Crippen LogP contribution in [-0.2, 0) is 4.79 Å². The number of amides is 1. The molecule has 132 valence electrons. The van der Waals surface area contributed by atoms with E-state index in [0.29, 0.717) is 12.2 Å². The van der Waals surface area contributed by atoms with Gasteiger partial charge in [-0.2, -0.15) is 0 Å². The molecule has 0 saturated heterocycles. The highest BCUT2D eigenvalue weighted by atomic mass is 16.5. The van der Waals surface area contributed by atoms with Crippen molar-refractivity contribution in [2.75, 3.05) is 0 Å². The van der Waals surface area contributed by atoms with E-state index < -0.39 is 6.10 Å². The highest BCUT2D eigenvalue weighted by Gasteiger charge is 2.35. The minimum atomic E-state index is -0.513. The van der Waals surface area contributed by atoms with Gasteiger partial charge >= 0.3 is 0 Å². The number of hydrogen-bond acceptors (Lipinski definition) is 3. The van der Waals surface area contributed by atoms with Crippen molar-refractivity contribution in [1.82, 2.24) is 5.32 Å². The molecule has 2 aromatic carbocycles. The molecule has 0 spiro atoms. The number of ether oxygens (including phenoxy) is 2. The summed E-state index contributed by atoms with van der Waals surface area (Å²) in [6.45, 7) is 6.04. The maximum absolute atomic E-state index is 12.8. The molecule has 0 saturated carbocycles. The average molecular weight is 339 g/mol. The summed E-state index contributed by atoms with van der Waals surface area (Å²) in [6.07, 6.45) is 0.812. The highest BCUT2D eigenvalue weighted by Crippen LogP contribution is 2.39. The Kier molecular flexibility index (Phi) is 4.98. The zero-order chi connectivity index (χ0) is 17.9. The maximum Gasteiger partial charge on any atom is 0.261 e. The summed E-state index contributed by atoms with van der Waals surface area (Å²) in [4.78, 5) is 12.8. The zero-order valence-corrected chi connectivity index (χ0v) is 15.0. The molecule has 1 amide bonds. The van der Waals surface area contributed by atoms with Gasteiger partial charge in [0.2, 0.25) is 0 Å². The fourth-order valence-electron chi connectivity index (χ4n) is 3.18. The minimum Gasteiger partial charge on any atom is -0.487 e. The van der Waals surface area contributed by atoms with E-state index in [0.717, 1.165) is 17.7 Å². The Hall–Kier alpha value is -2.49. The van der Waals surface area contributed by atoms with Crippen molar-refractivity contribution in [3.63, 3.8) is 0 Å². The third-order valence-corrected chi connectivity index (χ3v) is 4.38. The van der Waals surface area contributed by atoms with Crippen LogP contribution in [0.25, 0.3) is 0 Å². The van der Waals surface area contributed by atoms with E-state index >= 15 is 0 Å². The molecule has 1 N–H and O–H groups in total. The number of benzene rings is 2. The molecule has 1 aliphatic rings. The predicted octanol–water partition coefficient (Wildman–Crippen LogP) is 4.26. The lowest BCUT2D eigenvalue weighted by molar-refractivity contribution is -0.129. The zero-order valence-electron chi connectivity index (χ0n) is 15.0. The quantitative estimate of drug-likeness (QED) is 0.885. The molecule has 0 aromatic heterocycles. The maximum atomic E-state index is 12.8. The van der Waals surface area contributed by atoms with Crippen LogP contribution >= 0.6 is 0 Å². The monoisotopic (exact) mass is 339 g/mol. The second-order valence-electron chi connectivity index (χ2n) is 6.99. The van der Waals surface area contributed by atoms with Gasteiger partial charge < -0.3 is 14.8 Å². The van der Waals surface area contributed by atoms with Crippen LogP contribution in [0.3, 0.4) is 0 Å². The Bertz CT molecular complexity index is 727. The molecule has 2 aromatic rings.